The van der Waals surface area contributed by atoms with Crippen molar-refractivity contribution in [1.82, 2.24) is 20.3 Å². The smallest absolute Gasteiger partial charge is 0.360 e. The maximum Gasteiger partial charge on any atom is 0.419 e. The Morgan fingerprint density at radius 2 is 2.09 bits per heavy atom. The molecule has 1 saturated carbocycles. The highest BCUT2D eigenvalue weighted by atomic mass is 31.2. The van der Waals surface area contributed by atoms with Crippen molar-refractivity contribution in [1.29, 1.82) is 0 Å². The number of nitrogens with zero attached hydrogens (tertiary/aromatic N) is 2. The summed E-state index contributed by atoms with van der Waals surface area (Å²) in [7, 11) is -3.04. The van der Waals surface area contributed by atoms with Crippen molar-refractivity contribution >= 4 is 29.3 Å². The molecule has 1 spiro atoms. The zero-order chi connectivity index (χ0) is 23.6. The molecule has 1 saturated heterocycles. The molecule has 176 valence electrons. The van der Waals surface area contributed by atoms with E-state index in [1.165, 1.54) is 25.6 Å². The van der Waals surface area contributed by atoms with Gasteiger partial charge in [-0.3, -0.25) is 0 Å². The molecule has 2 aliphatic rings. The standard InChI is InChI=1S/C22H24F4N5OP/c1-33(2,32)19-16(23)4-3-13-14(9-28-18(13)19)17-15(22(24,25)26)10-30-20(31-17)29-8-12-7-21(12)5-6-27-11-21/h3-4,9-10,12,27-28H,5-8,11H2,1-2H3,(H,29,30,31). The van der Waals surface area contributed by atoms with E-state index in [-0.39, 0.29) is 33.4 Å². The van der Waals surface area contributed by atoms with Crippen LogP contribution in [0.1, 0.15) is 18.4 Å². The number of aromatic nitrogens is 3. The fourth-order valence-corrected chi connectivity index (χ4v) is 6.29. The molecule has 3 aromatic rings. The third kappa shape index (κ3) is 3.93. The van der Waals surface area contributed by atoms with Crippen LogP contribution >= 0.6 is 7.14 Å². The summed E-state index contributed by atoms with van der Waals surface area (Å²) >= 11 is 0. The number of hydrogen-bond donors (Lipinski definition) is 3. The van der Waals surface area contributed by atoms with E-state index in [1.807, 2.05) is 0 Å². The summed E-state index contributed by atoms with van der Waals surface area (Å²) in [5.41, 5.74) is -0.640. The summed E-state index contributed by atoms with van der Waals surface area (Å²) in [6.45, 7) is 5.38. The normalized spacial score (nSPS) is 22.9. The Bertz CT molecular complexity index is 1280. The van der Waals surface area contributed by atoms with E-state index in [0.717, 1.165) is 38.2 Å². The predicted molar refractivity (Wildman–Crippen MR) is 120 cm³/mol. The number of nitrogens with one attached hydrogen (secondary N) is 3. The largest absolute Gasteiger partial charge is 0.419 e. The number of rotatable bonds is 5. The Hall–Kier alpha value is -2.45. The van der Waals surface area contributed by atoms with Gasteiger partial charge in [0, 0.05) is 36.4 Å². The van der Waals surface area contributed by atoms with Crippen molar-refractivity contribution in [2.45, 2.75) is 19.0 Å². The van der Waals surface area contributed by atoms with Crippen LogP contribution in [-0.4, -0.2) is 47.9 Å². The number of benzene rings is 1. The van der Waals surface area contributed by atoms with Gasteiger partial charge in [-0.05, 0) is 56.2 Å². The van der Waals surface area contributed by atoms with Crippen molar-refractivity contribution in [3.05, 3.63) is 35.9 Å². The first-order valence-electron chi connectivity index (χ1n) is 10.7. The van der Waals surface area contributed by atoms with Crippen molar-refractivity contribution in [3.8, 4) is 11.3 Å². The van der Waals surface area contributed by atoms with Gasteiger partial charge in [0.1, 0.15) is 18.5 Å². The van der Waals surface area contributed by atoms with Gasteiger partial charge >= 0.3 is 6.18 Å². The third-order valence-electron chi connectivity index (χ3n) is 6.81. The molecule has 6 nitrogen and oxygen atoms in total. The molecule has 2 aromatic heterocycles. The molecule has 3 heterocycles. The van der Waals surface area contributed by atoms with Crippen LogP contribution in [0.4, 0.5) is 23.5 Å². The van der Waals surface area contributed by atoms with Gasteiger partial charge in [-0.2, -0.15) is 13.2 Å². The highest BCUT2D eigenvalue weighted by Gasteiger charge is 2.54. The average Bonchev–Trinajstić information content (AvgIpc) is 3.02. The number of aromatic amines is 1. The summed E-state index contributed by atoms with van der Waals surface area (Å²) in [6, 6.07) is 2.51. The molecular formula is C22H24F4N5OP. The van der Waals surface area contributed by atoms with Crippen molar-refractivity contribution in [2.24, 2.45) is 11.3 Å². The molecule has 1 aliphatic heterocycles. The minimum absolute atomic E-state index is 0.0172. The summed E-state index contributed by atoms with van der Waals surface area (Å²) in [5.74, 6) is -0.117. The number of hydrogen-bond acceptors (Lipinski definition) is 5. The molecule has 5 rings (SSSR count). The second kappa shape index (κ2) is 7.53. The number of fused-ring (bicyclic) bond motifs is 1. The van der Waals surface area contributed by atoms with Gasteiger partial charge in [0.2, 0.25) is 5.95 Å². The quantitative estimate of drug-likeness (QED) is 0.371. The zero-order valence-corrected chi connectivity index (χ0v) is 19.1. The van der Waals surface area contributed by atoms with Crippen LogP contribution in [0.3, 0.4) is 0 Å². The van der Waals surface area contributed by atoms with Gasteiger partial charge < -0.3 is 20.2 Å². The molecule has 2 fully saturated rings. The molecule has 2 unspecified atom stereocenters. The van der Waals surface area contributed by atoms with E-state index < -0.39 is 24.7 Å². The minimum atomic E-state index is -4.68. The highest BCUT2D eigenvalue weighted by Crippen LogP contribution is 2.56. The highest BCUT2D eigenvalue weighted by molar-refractivity contribution is 7.70. The van der Waals surface area contributed by atoms with Gasteiger partial charge in [-0.1, -0.05) is 0 Å². The van der Waals surface area contributed by atoms with Crippen LogP contribution in [0.5, 0.6) is 0 Å². The van der Waals surface area contributed by atoms with E-state index in [9.17, 15) is 22.1 Å². The predicted octanol–water partition coefficient (Wildman–Crippen LogP) is 4.44. The van der Waals surface area contributed by atoms with Gasteiger partial charge in [0.15, 0.2) is 0 Å². The lowest BCUT2D eigenvalue weighted by Crippen LogP contribution is -2.17. The zero-order valence-electron chi connectivity index (χ0n) is 18.2. The Morgan fingerprint density at radius 1 is 1.30 bits per heavy atom. The lowest BCUT2D eigenvalue weighted by Gasteiger charge is -2.14. The molecule has 0 amide bonds. The summed E-state index contributed by atoms with van der Waals surface area (Å²) in [4.78, 5) is 11.0. The lowest BCUT2D eigenvalue weighted by atomic mass is 10.0. The average molecular weight is 481 g/mol. The SMILES string of the molecule is CP(C)(=O)c1c(F)ccc2c(-c3nc(NCC4CC45CCNC5)ncc3C(F)(F)F)c[nH]c12. The van der Waals surface area contributed by atoms with Gasteiger partial charge in [-0.25, -0.2) is 14.4 Å². The fourth-order valence-electron chi connectivity index (χ4n) is 4.98. The van der Waals surface area contributed by atoms with Crippen LogP contribution in [-0.2, 0) is 10.7 Å². The molecule has 33 heavy (non-hydrogen) atoms. The maximum absolute atomic E-state index is 14.5. The molecule has 1 aliphatic carbocycles. The van der Waals surface area contributed by atoms with Crippen LogP contribution in [0, 0.1) is 17.2 Å². The summed E-state index contributed by atoms with van der Waals surface area (Å²) in [6.07, 6.45) is -0.374. The summed E-state index contributed by atoms with van der Waals surface area (Å²) in [5, 5.41) is 6.76. The Labute approximate surface area is 188 Å². The second-order valence-electron chi connectivity index (χ2n) is 9.40. The van der Waals surface area contributed by atoms with Crippen LogP contribution in [0.15, 0.2) is 24.5 Å². The first-order chi connectivity index (χ1) is 15.5. The maximum atomic E-state index is 14.5. The summed E-state index contributed by atoms with van der Waals surface area (Å²) < 4.78 is 68.5. The first kappa shape index (κ1) is 22.3. The van der Waals surface area contributed by atoms with Crippen LogP contribution in [0.2, 0.25) is 0 Å². The first-order valence-corrected chi connectivity index (χ1v) is 13.3. The molecule has 1 aromatic carbocycles. The Balaban J connectivity index is 1.54. The monoisotopic (exact) mass is 481 g/mol. The van der Waals surface area contributed by atoms with Gasteiger partial charge in [0.25, 0.3) is 0 Å². The van der Waals surface area contributed by atoms with Crippen LogP contribution in [0.25, 0.3) is 22.2 Å². The van der Waals surface area contributed by atoms with E-state index in [4.69, 9.17) is 0 Å². The minimum Gasteiger partial charge on any atom is -0.360 e. The van der Waals surface area contributed by atoms with Crippen LogP contribution < -0.4 is 15.9 Å². The Morgan fingerprint density at radius 3 is 2.76 bits per heavy atom. The number of anilines is 1. The van der Waals surface area contributed by atoms with Gasteiger partial charge in [-0.15, -0.1) is 0 Å². The number of halogens is 4. The molecule has 0 radical (unpaired) electrons. The molecule has 11 heteroatoms. The van der Waals surface area contributed by atoms with E-state index in [2.05, 4.69) is 25.6 Å². The van der Waals surface area contributed by atoms with Crippen molar-refractivity contribution in [3.63, 3.8) is 0 Å². The number of alkyl halides is 3. The van der Waals surface area contributed by atoms with Crippen molar-refractivity contribution in [2.75, 3.05) is 38.3 Å². The molecule has 0 bridgehead atoms. The second-order valence-corrected chi connectivity index (χ2v) is 12.5. The van der Waals surface area contributed by atoms with Crippen molar-refractivity contribution < 1.29 is 22.1 Å². The fraction of sp³-hybridized carbons (Fsp3) is 0.455. The van der Waals surface area contributed by atoms with E-state index in [0.29, 0.717) is 17.8 Å². The number of H-pyrrole nitrogens is 1. The Kier molecular flexibility index (Phi) is 5.10. The van der Waals surface area contributed by atoms with E-state index >= 15 is 0 Å². The molecule has 2 atom stereocenters. The molecule has 3 N–H and O–H groups in total. The van der Waals surface area contributed by atoms with E-state index in [1.54, 1.807) is 0 Å². The lowest BCUT2D eigenvalue weighted by molar-refractivity contribution is -0.137. The van der Waals surface area contributed by atoms with Gasteiger partial charge in [0.05, 0.1) is 16.5 Å². The third-order valence-corrected chi connectivity index (χ3v) is 8.32. The molecular weight excluding hydrogens is 457 g/mol. The topological polar surface area (TPSA) is 82.7 Å².